The van der Waals surface area contributed by atoms with Gasteiger partial charge in [0, 0.05) is 5.69 Å². The molecule has 1 saturated carbocycles. The fourth-order valence-electron chi connectivity index (χ4n) is 1.54. The lowest BCUT2D eigenvalue weighted by molar-refractivity contribution is -0.149. The van der Waals surface area contributed by atoms with Crippen molar-refractivity contribution in [1.29, 1.82) is 0 Å². The first-order valence-corrected chi connectivity index (χ1v) is 6.53. The number of esters is 1. The predicted molar refractivity (Wildman–Crippen MR) is 71.7 cm³/mol. The van der Waals surface area contributed by atoms with Gasteiger partial charge in [-0.1, -0.05) is 0 Å². The number of amides is 2. The fourth-order valence-corrected chi connectivity index (χ4v) is 1.54. The second-order valence-electron chi connectivity index (χ2n) is 4.71. The number of rotatable bonds is 6. The van der Waals surface area contributed by atoms with Gasteiger partial charge in [0.2, 0.25) is 5.91 Å². The van der Waals surface area contributed by atoms with Gasteiger partial charge in [-0.2, -0.15) is 0 Å². The highest BCUT2D eigenvalue weighted by molar-refractivity contribution is 5.94. The molecule has 7 heteroatoms. The van der Waals surface area contributed by atoms with Crippen LogP contribution in [0.15, 0.2) is 24.3 Å². The Bertz CT molecular complexity index is 540. The predicted octanol–water partition coefficient (Wildman–Crippen LogP) is 0.834. The van der Waals surface area contributed by atoms with E-state index in [0.717, 1.165) is 12.8 Å². The minimum Gasteiger partial charge on any atom is -0.455 e. The Labute approximate surface area is 120 Å². The van der Waals surface area contributed by atoms with Crippen LogP contribution in [0.3, 0.4) is 0 Å². The third-order valence-corrected chi connectivity index (χ3v) is 2.83. The van der Waals surface area contributed by atoms with E-state index in [1.165, 1.54) is 24.3 Å². The van der Waals surface area contributed by atoms with Crippen molar-refractivity contribution in [2.75, 3.05) is 18.5 Å². The summed E-state index contributed by atoms with van der Waals surface area (Å²) >= 11 is 0. The van der Waals surface area contributed by atoms with Crippen LogP contribution in [0, 0.1) is 11.7 Å². The molecule has 0 saturated heterocycles. The van der Waals surface area contributed by atoms with Crippen molar-refractivity contribution in [3.63, 3.8) is 0 Å². The summed E-state index contributed by atoms with van der Waals surface area (Å²) < 4.78 is 17.4. The van der Waals surface area contributed by atoms with Gasteiger partial charge in [-0.25, -0.2) is 4.39 Å². The topological polar surface area (TPSA) is 84.5 Å². The molecule has 0 heterocycles. The molecular weight excluding hydrogens is 279 g/mol. The molecule has 0 bridgehead atoms. The SMILES string of the molecule is O=C(COC(=O)C1CC1)NCC(=O)Nc1ccc(F)cc1. The average molecular weight is 294 g/mol. The van der Waals surface area contributed by atoms with E-state index in [-0.39, 0.29) is 25.0 Å². The first-order valence-electron chi connectivity index (χ1n) is 6.53. The van der Waals surface area contributed by atoms with E-state index in [1.54, 1.807) is 0 Å². The van der Waals surface area contributed by atoms with E-state index >= 15 is 0 Å². The number of anilines is 1. The Morgan fingerprint density at radius 3 is 2.43 bits per heavy atom. The number of ether oxygens (including phenoxy) is 1. The van der Waals surface area contributed by atoms with Crippen molar-refractivity contribution in [3.8, 4) is 0 Å². The van der Waals surface area contributed by atoms with Gasteiger partial charge in [0.1, 0.15) is 5.82 Å². The van der Waals surface area contributed by atoms with E-state index in [1.807, 2.05) is 0 Å². The van der Waals surface area contributed by atoms with Crippen molar-refractivity contribution < 1.29 is 23.5 Å². The highest BCUT2D eigenvalue weighted by atomic mass is 19.1. The van der Waals surface area contributed by atoms with Gasteiger partial charge in [-0.05, 0) is 37.1 Å². The zero-order valence-corrected chi connectivity index (χ0v) is 11.2. The smallest absolute Gasteiger partial charge is 0.309 e. The average Bonchev–Trinajstić information content (AvgIpc) is 3.29. The van der Waals surface area contributed by atoms with Gasteiger partial charge < -0.3 is 15.4 Å². The summed E-state index contributed by atoms with van der Waals surface area (Å²) in [6.45, 7) is -0.643. The zero-order chi connectivity index (χ0) is 15.2. The third kappa shape index (κ3) is 5.21. The van der Waals surface area contributed by atoms with Crippen molar-refractivity contribution in [2.24, 2.45) is 5.92 Å². The van der Waals surface area contributed by atoms with E-state index in [4.69, 9.17) is 4.74 Å². The molecule has 112 valence electrons. The minimum absolute atomic E-state index is 0.0698. The van der Waals surface area contributed by atoms with Crippen molar-refractivity contribution in [2.45, 2.75) is 12.8 Å². The summed E-state index contributed by atoms with van der Waals surface area (Å²) in [4.78, 5) is 34.1. The van der Waals surface area contributed by atoms with Crippen LogP contribution in [0.25, 0.3) is 0 Å². The van der Waals surface area contributed by atoms with Crippen molar-refractivity contribution >= 4 is 23.5 Å². The van der Waals surface area contributed by atoms with Gasteiger partial charge >= 0.3 is 5.97 Å². The monoisotopic (exact) mass is 294 g/mol. The molecule has 1 aliphatic carbocycles. The Morgan fingerprint density at radius 2 is 1.81 bits per heavy atom. The number of hydrogen-bond donors (Lipinski definition) is 2. The molecule has 1 fully saturated rings. The summed E-state index contributed by atoms with van der Waals surface area (Å²) in [5.41, 5.74) is 0.427. The molecule has 1 aromatic rings. The lowest BCUT2D eigenvalue weighted by atomic mass is 10.3. The Hall–Kier alpha value is -2.44. The summed E-state index contributed by atoms with van der Waals surface area (Å²) in [5.74, 6) is -1.85. The number of halogens is 1. The molecule has 21 heavy (non-hydrogen) atoms. The van der Waals surface area contributed by atoms with Crippen LogP contribution < -0.4 is 10.6 Å². The van der Waals surface area contributed by atoms with Crippen molar-refractivity contribution in [1.82, 2.24) is 5.32 Å². The molecule has 6 nitrogen and oxygen atoms in total. The van der Waals surface area contributed by atoms with E-state index in [0.29, 0.717) is 5.69 Å². The third-order valence-electron chi connectivity index (χ3n) is 2.83. The number of carbonyl (C=O) groups is 3. The summed E-state index contributed by atoms with van der Waals surface area (Å²) in [6, 6.07) is 5.25. The molecule has 0 unspecified atom stereocenters. The van der Waals surface area contributed by atoms with Crippen LogP contribution in [-0.2, 0) is 19.1 Å². The van der Waals surface area contributed by atoms with E-state index in [9.17, 15) is 18.8 Å². The maximum atomic E-state index is 12.7. The second kappa shape index (κ2) is 6.83. The van der Waals surface area contributed by atoms with Crippen LogP contribution in [-0.4, -0.2) is 30.9 Å². The zero-order valence-electron chi connectivity index (χ0n) is 11.2. The normalized spacial score (nSPS) is 13.4. The van der Waals surface area contributed by atoms with Gasteiger partial charge in [0.15, 0.2) is 6.61 Å². The van der Waals surface area contributed by atoms with Crippen LogP contribution in [0.2, 0.25) is 0 Å². The maximum absolute atomic E-state index is 12.7. The number of carbonyl (C=O) groups excluding carboxylic acids is 3. The van der Waals surface area contributed by atoms with Crippen LogP contribution in [0.5, 0.6) is 0 Å². The molecular formula is C14H15FN2O4. The standard InChI is InChI=1S/C14H15FN2O4/c15-10-3-5-11(6-4-10)17-12(18)7-16-13(19)8-21-14(20)9-1-2-9/h3-6,9H,1-2,7-8H2,(H,16,19)(H,17,18). The molecule has 1 aromatic carbocycles. The van der Waals surface area contributed by atoms with E-state index < -0.39 is 17.6 Å². The molecule has 0 aromatic heterocycles. The lowest BCUT2D eigenvalue weighted by Crippen LogP contribution is -2.35. The highest BCUT2D eigenvalue weighted by Crippen LogP contribution is 2.29. The number of benzene rings is 1. The van der Waals surface area contributed by atoms with E-state index in [2.05, 4.69) is 10.6 Å². The van der Waals surface area contributed by atoms with Gasteiger partial charge in [-0.15, -0.1) is 0 Å². The van der Waals surface area contributed by atoms with Crippen LogP contribution in [0.1, 0.15) is 12.8 Å². The van der Waals surface area contributed by atoms with Crippen LogP contribution >= 0.6 is 0 Å². The molecule has 0 aliphatic heterocycles. The number of hydrogen-bond acceptors (Lipinski definition) is 4. The summed E-state index contributed by atoms with van der Waals surface area (Å²) in [5, 5.41) is 4.82. The largest absolute Gasteiger partial charge is 0.455 e. The molecule has 2 N–H and O–H groups in total. The highest BCUT2D eigenvalue weighted by Gasteiger charge is 2.31. The first kappa shape index (κ1) is 15.0. The minimum atomic E-state index is -0.543. The molecule has 0 atom stereocenters. The quantitative estimate of drug-likeness (QED) is 0.761. The summed E-state index contributed by atoms with van der Waals surface area (Å²) in [6.07, 6.45) is 1.61. The lowest BCUT2D eigenvalue weighted by Gasteiger charge is -2.07. The van der Waals surface area contributed by atoms with Gasteiger partial charge in [0.05, 0.1) is 12.5 Å². The van der Waals surface area contributed by atoms with Crippen molar-refractivity contribution in [3.05, 3.63) is 30.1 Å². The molecule has 2 amide bonds. The Balaban J connectivity index is 1.64. The Kier molecular flexibility index (Phi) is 4.86. The van der Waals surface area contributed by atoms with Gasteiger partial charge in [0.25, 0.3) is 5.91 Å². The van der Waals surface area contributed by atoms with Gasteiger partial charge in [-0.3, -0.25) is 14.4 Å². The number of nitrogens with one attached hydrogen (secondary N) is 2. The van der Waals surface area contributed by atoms with Crippen LogP contribution in [0.4, 0.5) is 10.1 Å². The maximum Gasteiger partial charge on any atom is 0.309 e. The second-order valence-corrected chi connectivity index (χ2v) is 4.71. The molecule has 1 aliphatic rings. The molecule has 0 radical (unpaired) electrons. The fraction of sp³-hybridized carbons (Fsp3) is 0.357. The molecule has 2 rings (SSSR count). The summed E-state index contributed by atoms with van der Waals surface area (Å²) in [7, 11) is 0. The first-order chi connectivity index (χ1) is 10.0. The molecule has 0 spiro atoms. The Morgan fingerprint density at radius 1 is 1.14 bits per heavy atom.